The number of piperidine rings is 1. The number of nitriles is 1. The summed E-state index contributed by atoms with van der Waals surface area (Å²) >= 11 is 0. The summed E-state index contributed by atoms with van der Waals surface area (Å²) in [6.45, 7) is 0. The Balaban J connectivity index is 1.43. The summed E-state index contributed by atoms with van der Waals surface area (Å²) in [6.07, 6.45) is 13.7. The van der Waals surface area contributed by atoms with Gasteiger partial charge >= 0.3 is 0 Å². The number of rotatable bonds is 3. The van der Waals surface area contributed by atoms with Crippen LogP contribution in [0.15, 0.2) is 49.2 Å². The highest BCUT2D eigenvalue weighted by atomic mass is 15.3. The molecule has 3 atom stereocenters. The van der Waals surface area contributed by atoms with Crippen LogP contribution in [0.4, 0.5) is 5.82 Å². The van der Waals surface area contributed by atoms with E-state index in [1.54, 1.807) is 15.4 Å². The number of pyridine rings is 2. The molecule has 2 saturated heterocycles. The maximum Gasteiger partial charge on any atom is 0.129 e. The lowest BCUT2D eigenvalue weighted by Gasteiger charge is -2.38. The molecule has 0 aromatic carbocycles. The van der Waals surface area contributed by atoms with Gasteiger partial charge in [-0.2, -0.15) is 15.5 Å². The average molecular weight is 425 g/mol. The third-order valence-corrected chi connectivity index (χ3v) is 6.86. The number of hydrogen-bond acceptors (Lipinski definition) is 6. The monoisotopic (exact) mass is 424 g/mol. The summed E-state index contributed by atoms with van der Waals surface area (Å²) in [6, 6.07) is 9.85. The predicted octanol–water partition coefficient (Wildman–Crippen LogP) is 3.13. The van der Waals surface area contributed by atoms with Crippen LogP contribution in [0, 0.1) is 11.3 Å². The van der Waals surface area contributed by atoms with Gasteiger partial charge in [0.05, 0.1) is 23.5 Å². The van der Waals surface area contributed by atoms with Crippen LogP contribution in [0.3, 0.4) is 0 Å². The van der Waals surface area contributed by atoms with E-state index in [0.29, 0.717) is 23.7 Å². The molecule has 2 aliphatic heterocycles. The average Bonchev–Trinajstić information content (AvgIpc) is 3.49. The summed E-state index contributed by atoms with van der Waals surface area (Å²) in [5.74, 6) is 1.02. The molecule has 8 nitrogen and oxygen atoms in total. The van der Waals surface area contributed by atoms with Crippen molar-refractivity contribution in [2.24, 2.45) is 12.8 Å². The van der Waals surface area contributed by atoms with Gasteiger partial charge in [-0.25, -0.2) is 9.50 Å². The minimum Gasteiger partial charge on any atom is -0.351 e. The van der Waals surface area contributed by atoms with Gasteiger partial charge < -0.3 is 10.6 Å². The molecule has 6 rings (SSSR count). The van der Waals surface area contributed by atoms with Gasteiger partial charge in [0.2, 0.25) is 0 Å². The fraction of sp³-hybridized carbons (Fsp3) is 0.333. The van der Waals surface area contributed by atoms with E-state index in [2.05, 4.69) is 39.4 Å². The third-order valence-electron chi connectivity index (χ3n) is 6.86. The zero-order chi connectivity index (χ0) is 21.8. The quantitative estimate of drug-likeness (QED) is 0.542. The molecule has 0 saturated carbocycles. The summed E-state index contributed by atoms with van der Waals surface area (Å²) in [5.41, 5.74) is 11.5. The van der Waals surface area contributed by atoms with Crippen molar-refractivity contribution in [1.82, 2.24) is 24.4 Å². The Morgan fingerprint density at radius 3 is 2.47 bits per heavy atom. The Morgan fingerprint density at radius 2 is 1.81 bits per heavy atom. The number of nitrogens with two attached hydrogens (primary N) is 1. The molecule has 2 N–H and O–H groups in total. The zero-order valence-electron chi connectivity index (χ0n) is 17.9. The fourth-order valence-corrected chi connectivity index (χ4v) is 5.44. The van der Waals surface area contributed by atoms with Crippen LogP contribution in [0.25, 0.3) is 27.8 Å². The smallest absolute Gasteiger partial charge is 0.129 e. The van der Waals surface area contributed by atoms with Crippen molar-refractivity contribution in [3.05, 3.63) is 54.7 Å². The van der Waals surface area contributed by atoms with Crippen LogP contribution in [0.2, 0.25) is 0 Å². The van der Waals surface area contributed by atoms with Gasteiger partial charge in [0, 0.05) is 66.0 Å². The first-order valence-electron chi connectivity index (χ1n) is 11.0. The van der Waals surface area contributed by atoms with Crippen LogP contribution in [-0.2, 0) is 7.05 Å². The predicted molar refractivity (Wildman–Crippen MR) is 122 cm³/mol. The van der Waals surface area contributed by atoms with E-state index in [9.17, 15) is 5.26 Å². The fourth-order valence-electron chi connectivity index (χ4n) is 5.44. The van der Waals surface area contributed by atoms with Crippen LogP contribution < -0.4 is 10.6 Å². The normalized spacial score (nSPS) is 22.4. The number of anilines is 1. The van der Waals surface area contributed by atoms with E-state index >= 15 is 0 Å². The molecule has 0 spiro atoms. The molecule has 32 heavy (non-hydrogen) atoms. The topological polar surface area (TPSA) is 101 Å². The van der Waals surface area contributed by atoms with Gasteiger partial charge in [-0.1, -0.05) is 0 Å². The van der Waals surface area contributed by atoms with Crippen LogP contribution >= 0.6 is 0 Å². The summed E-state index contributed by atoms with van der Waals surface area (Å²) in [7, 11) is 1.90. The highest BCUT2D eigenvalue weighted by molar-refractivity contribution is 5.87. The summed E-state index contributed by atoms with van der Waals surface area (Å²) < 4.78 is 3.55. The van der Waals surface area contributed by atoms with E-state index in [4.69, 9.17) is 10.7 Å². The number of hydrogen-bond donors (Lipinski definition) is 1. The van der Waals surface area contributed by atoms with Crippen LogP contribution in [0.1, 0.15) is 31.2 Å². The first kappa shape index (κ1) is 19.0. The Labute approximate surface area is 185 Å². The van der Waals surface area contributed by atoms with Gasteiger partial charge in [-0.3, -0.25) is 4.68 Å². The van der Waals surface area contributed by atoms with Gasteiger partial charge in [-0.15, -0.1) is 0 Å². The first-order valence-corrected chi connectivity index (χ1v) is 11.0. The number of aromatic nitrogens is 5. The van der Waals surface area contributed by atoms with Gasteiger partial charge in [0.1, 0.15) is 11.9 Å². The van der Waals surface area contributed by atoms with Crippen molar-refractivity contribution in [2.75, 3.05) is 4.90 Å². The molecule has 4 aromatic heterocycles. The van der Waals surface area contributed by atoms with Crippen molar-refractivity contribution < 1.29 is 0 Å². The molecule has 4 aromatic rings. The van der Waals surface area contributed by atoms with Gasteiger partial charge in [0.15, 0.2) is 0 Å². The lowest BCUT2D eigenvalue weighted by atomic mass is 9.98. The molecule has 0 radical (unpaired) electrons. The lowest BCUT2D eigenvalue weighted by Crippen LogP contribution is -2.47. The largest absolute Gasteiger partial charge is 0.351 e. The number of nitrogens with zero attached hydrogens (tertiary/aromatic N) is 7. The molecule has 2 bridgehead atoms. The second-order valence-electron chi connectivity index (χ2n) is 8.94. The second kappa shape index (κ2) is 7.18. The number of aryl methyl sites for hydroxylation is 1. The van der Waals surface area contributed by atoms with E-state index < -0.39 is 0 Å². The standard InChI is InChI=1S/C24H24N8/c1-30-13-18(12-28-30)16-6-22(24-17(9-25)11-29-31(24)14-16)15-2-5-23(27-10-15)32-20-3-4-21(32)8-19(26)7-20/h2,5-6,10-14,19-21H,3-4,7-8,26H2,1H3/t19?,20-,21+. The summed E-state index contributed by atoms with van der Waals surface area (Å²) in [4.78, 5) is 7.32. The molecular weight excluding hydrogens is 400 g/mol. The molecule has 0 aliphatic carbocycles. The Kier molecular flexibility index (Phi) is 4.26. The first-order chi connectivity index (χ1) is 15.6. The lowest BCUT2D eigenvalue weighted by molar-refractivity contribution is 0.412. The van der Waals surface area contributed by atoms with E-state index in [-0.39, 0.29) is 0 Å². The number of fused-ring (bicyclic) bond motifs is 3. The molecule has 1 unspecified atom stereocenters. The van der Waals surface area contributed by atoms with Crippen molar-refractivity contribution >= 4 is 11.3 Å². The van der Waals surface area contributed by atoms with Crippen molar-refractivity contribution in [3.63, 3.8) is 0 Å². The SMILES string of the molecule is Cn1cc(-c2cc(-c3ccc(N4[C@@H]5CC[C@H]4CC(N)C5)nc3)c3c(C#N)cnn3c2)cn1. The van der Waals surface area contributed by atoms with Gasteiger partial charge in [0.25, 0.3) is 0 Å². The molecule has 6 heterocycles. The molecular formula is C24H24N8. The minimum absolute atomic E-state index is 0.304. The zero-order valence-corrected chi connectivity index (χ0v) is 17.9. The van der Waals surface area contributed by atoms with Crippen molar-refractivity contribution in [1.29, 1.82) is 5.26 Å². The van der Waals surface area contributed by atoms with E-state index in [0.717, 1.165) is 46.4 Å². The Morgan fingerprint density at radius 1 is 1.00 bits per heavy atom. The van der Waals surface area contributed by atoms with Crippen LogP contribution in [0.5, 0.6) is 0 Å². The second-order valence-corrected chi connectivity index (χ2v) is 8.94. The molecule has 2 aliphatic rings. The molecule has 160 valence electrons. The van der Waals surface area contributed by atoms with Gasteiger partial charge in [-0.05, 0) is 43.9 Å². The molecule has 8 heteroatoms. The van der Waals surface area contributed by atoms with Crippen LogP contribution in [-0.4, -0.2) is 42.5 Å². The van der Waals surface area contributed by atoms with E-state index in [1.807, 2.05) is 31.8 Å². The molecule has 0 amide bonds. The van der Waals surface area contributed by atoms with Crippen molar-refractivity contribution in [2.45, 2.75) is 43.8 Å². The molecule has 2 fully saturated rings. The maximum absolute atomic E-state index is 9.64. The Bertz CT molecular complexity index is 1330. The maximum atomic E-state index is 9.64. The van der Waals surface area contributed by atoms with Crippen molar-refractivity contribution in [3.8, 4) is 28.3 Å². The Hall–Kier alpha value is -3.70. The van der Waals surface area contributed by atoms with E-state index in [1.165, 1.54) is 12.8 Å². The summed E-state index contributed by atoms with van der Waals surface area (Å²) in [5, 5.41) is 18.4. The highest BCUT2D eigenvalue weighted by Crippen LogP contribution is 2.39. The minimum atomic E-state index is 0.304. The highest BCUT2D eigenvalue weighted by Gasteiger charge is 2.40. The third kappa shape index (κ3) is 2.97.